The molecule has 3 atom stereocenters. The number of para-hydroxylation sites is 1. The molecule has 126 valence electrons. The first-order chi connectivity index (χ1) is 10.9. The predicted octanol–water partition coefficient (Wildman–Crippen LogP) is 1.77. The van der Waals surface area contributed by atoms with E-state index in [2.05, 4.69) is 0 Å². The number of fused-ring (bicyclic) bond motifs is 1. The number of benzene rings is 1. The molecule has 0 spiro atoms. The molecule has 2 fully saturated rings. The van der Waals surface area contributed by atoms with Gasteiger partial charge >= 0.3 is 0 Å². The molecule has 1 saturated carbocycles. The maximum absolute atomic E-state index is 12.8. The van der Waals surface area contributed by atoms with E-state index < -0.39 is 20.6 Å². The average Bonchev–Trinajstić information content (AvgIpc) is 2.54. The SMILES string of the molecule is O=[N+]([O-])c1ccccc1S(=O)(=O)N1CCC2CCC(O)CC2C1. The van der Waals surface area contributed by atoms with Crippen molar-refractivity contribution in [1.29, 1.82) is 0 Å². The van der Waals surface area contributed by atoms with Crippen LogP contribution in [0.4, 0.5) is 5.69 Å². The minimum absolute atomic E-state index is 0.130. The minimum Gasteiger partial charge on any atom is -0.393 e. The van der Waals surface area contributed by atoms with Gasteiger partial charge in [0.15, 0.2) is 4.90 Å². The molecule has 1 aliphatic heterocycles. The molecule has 8 heteroatoms. The van der Waals surface area contributed by atoms with Gasteiger partial charge in [-0.25, -0.2) is 8.42 Å². The fourth-order valence-electron chi connectivity index (χ4n) is 3.75. The Morgan fingerprint density at radius 3 is 2.65 bits per heavy atom. The molecular weight excluding hydrogens is 320 g/mol. The van der Waals surface area contributed by atoms with Gasteiger partial charge in [-0.2, -0.15) is 4.31 Å². The van der Waals surface area contributed by atoms with Crippen LogP contribution in [0.15, 0.2) is 29.2 Å². The molecule has 0 amide bonds. The lowest BCUT2D eigenvalue weighted by Gasteiger charge is -2.41. The van der Waals surface area contributed by atoms with E-state index in [0.717, 1.165) is 19.3 Å². The standard InChI is InChI=1S/C15H20N2O5S/c18-13-6-5-11-7-8-16(10-12(11)9-13)23(21,22)15-4-2-1-3-14(15)17(19)20/h1-4,11-13,18H,5-10H2. The molecule has 3 rings (SSSR count). The molecule has 1 saturated heterocycles. The van der Waals surface area contributed by atoms with E-state index >= 15 is 0 Å². The van der Waals surface area contributed by atoms with Gasteiger partial charge in [-0.05, 0) is 43.6 Å². The predicted molar refractivity (Wildman–Crippen MR) is 83.3 cm³/mol. The second-order valence-electron chi connectivity index (χ2n) is 6.36. The number of rotatable bonds is 3. The van der Waals surface area contributed by atoms with Crippen LogP contribution in [0.2, 0.25) is 0 Å². The van der Waals surface area contributed by atoms with E-state index in [-0.39, 0.29) is 16.9 Å². The van der Waals surface area contributed by atoms with E-state index in [4.69, 9.17) is 0 Å². The van der Waals surface area contributed by atoms with Crippen LogP contribution in [0.3, 0.4) is 0 Å². The summed E-state index contributed by atoms with van der Waals surface area (Å²) in [6.45, 7) is 0.710. The molecular formula is C15H20N2O5S. The van der Waals surface area contributed by atoms with E-state index in [0.29, 0.717) is 25.4 Å². The molecule has 0 radical (unpaired) electrons. The van der Waals surface area contributed by atoms with Crippen LogP contribution in [0.5, 0.6) is 0 Å². The summed E-state index contributed by atoms with van der Waals surface area (Å²) in [5, 5.41) is 20.9. The number of sulfonamides is 1. The molecule has 1 heterocycles. The Kier molecular flexibility index (Phi) is 4.39. The number of piperidine rings is 1. The fourth-order valence-corrected chi connectivity index (χ4v) is 5.42. The number of aliphatic hydroxyl groups excluding tert-OH is 1. The van der Waals surface area contributed by atoms with Gasteiger partial charge in [0.25, 0.3) is 5.69 Å². The molecule has 7 nitrogen and oxygen atoms in total. The summed E-state index contributed by atoms with van der Waals surface area (Å²) in [7, 11) is -3.90. The lowest BCUT2D eigenvalue weighted by molar-refractivity contribution is -0.387. The summed E-state index contributed by atoms with van der Waals surface area (Å²) < 4.78 is 27.0. The molecule has 1 aliphatic carbocycles. The number of nitro groups is 1. The smallest absolute Gasteiger partial charge is 0.289 e. The molecule has 1 N–H and O–H groups in total. The van der Waals surface area contributed by atoms with Crippen molar-refractivity contribution in [1.82, 2.24) is 4.31 Å². The molecule has 3 unspecified atom stereocenters. The van der Waals surface area contributed by atoms with E-state index in [9.17, 15) is 23.6 Å². The third-order valence-electron chi connectivity index (χ3n) is 4.98. The lowest BCUT2D eigenvalue weighted by atomic mass is 9.74. The molecule has 1 aromatic rings. The summed E-state index contributed by atoms with van der Waals surface area (Å²) >= 11 is 0. The van der Waals surface area contributed by atoms with Crippen LogP contribution in [0, 0.1) is 22.0 Å². The van der Waals surface area contributed by atoms with Gasteiger partial charge in [-0.3, -0.25) is 10.1 Å². The first kappa shape index (κ1) is 16.4. The highest BCUT2D eigenvalue weighted by Crippen LogP contribution is 2.38. The molecule has 2 aliphatic rings. The van der Waals surface area contributed by atoms with Crippen molar-refractivity contribution in [2.45, 2.75) is 36.7 Å². The first-order valence-corrected chi connectivity index (χ1v) is 9.25. The minimum atomic E-state index is -3.90. The summed E-state index contributed by atoms with van der Waals surface area (Å²) in [5.74, 6) is 0.570. The highest BCUT2D eigenvalue weighted by Gasteiger charge is 2.40. The largest absolute Gasteiger partial charge is 0.393 e. The Bertz CT molecular complexity index is 706. The average molecular weight is 340 g/mol. The van der Waals surface area contributed by atoms with Gasteiger partial charge in [0, 0.05) is 19.2 Å². The highest BCUT2D eigenvalue weighted by atomic mass is 32.2. The second kappa shape index (κ2) is 6.18. The lowest BCUT2D eigenvalue weighted by Crippen LogP contribution is -2.46. The van der Waals surface area contributed by atoms with Crippen LogP contribution in [-0.4, -0.2) is 41.9 Å². The van der Waals surface area contributed by atoms with Gasteiger partial charge < -0.3 is 5.11 Å². The van der Waals surface area contributed by atoms with Crippen molar-refractivity contribution in [2.75, 3.05) is 13.1 Å². The molecule has 0 bridgehead atoms. The fraction of sp³-hybridized carbons (Fsp3) is 0.600. The molecule has 1 aromatic carbocycles. The molecule has 23 heavy (non-hydrogen) atoms. The van der Waals surface area contributed by atoms with Crippen molar-refractivity contribution in [2.24, 2.45) is 11.8 Å². The normalized spacial score (nSPS) is 29.0. The topological polar surface area (TPSA) is 101 Å². The van der Waals surface area contributed by atoms with Crippen molar-refractivity contribution in [3.63, 3.8) is 0 Å². The van der Waals surface area contributed by atoms with Crippen LogP contribution in [0.25, 0.3) is 0 Å². The highest BCUT2D eigenvalue weighted by molar-refractivity contribution is 7.89. The summed E-state index contributed by atoms with van der Waals surface area (Å²) in [4.78, 5) is 10.2. The number of hydrogen-bond donors (Lipinski definition) is 1. The van der Waals surface area contributed by atoms with Gasteiger partial charge in [-0.15, -0.1) is 0 Å². The number of aliphatic hydroxyl groups is 1. The second-order valence-corrected chi connectivity index (χ2v) is 8.27. The maximum atomic E-state index is 12.8. The van der Waals surface area contributed by atoms with Crippen molar-refractivity contribution < 1.29 is 18.4 Å². The van der Waals surface area contributed by atoms with Crippen LogP contribution < -0.4 is 0 Å². The van der Waals surface area contributed by atoms with Gasteiger partial charge in [0.1, 0.15) is 0 Å². The monoisotopic (exact) mass is 340 g/mol. The summed E-state index contributed by atoms with van der Waals surface area (Å²) in [5.41, 5.74) is -0.390. The zero-order valence-corrected chi connectivity index (χ0v) is 13.5. The number of nitrogens with zero attached hydrogens (tertiary/aromatic N) is 2. The quantitative estimate of drug-likeness (QED) is 0.667. The number of nitro benzene ring substituents is 1. The maximum Gasteiger partial charge on any atom is 0.289 e. The van der Waals surface area contributed by atoms with Gasteiger partial charge in [0.05, 0.1) is 11.0 Å². The van der Waals surface area contributed by atoms with Gasteiger partial charge in [0.2, 0.25) is 10.0 Å². The zero-order valence-electron chi connectivity index (χ0n) is 12.7. The van der Waals surface area contributed by atoms with Crippen LogP contribution >= 0.6 is 0 Å². The third-order valence-corrected chi connectivity index (χ3v) is 6.89. The third kappa shape index (κ3) is 3.11. The summed E-state index contributed by atoms with van der Waals surface area (Å²) in [6, 6.07) is 5.46. The Morgan fingerprint density at radius 2 is 1.91 bits per heavy atom. The van der Waals surface area contributed by atoms with Crippen LogP contribution in [0.1, 0.15) is 25.7 Å². The van der Waals surface area contributed by atoms with E-state index in [1.165, 1.54) is 28.6 Å². The number of hydrogen-bond acceptors (Lipinski definition) is 5. The van der Waals surface area contributed by atoms with Gasteiger partial charge in [-0.1, -0.05) is 12.1 Å². The van der Waals surface area contributed by atoms with E-state index in [1.54, 1.807) is 0 Å². The Hall–Kier alpha value is -1.51. The van der Waals surface area contributed by atoms with Crippen molar-refractivity contribution in [3.8, 4) is 0 Å². The van der Waals surface area contributed by atoms with Crippen molar-refractivity contribution in [3.05, 3.63) is 34.4 Å². The first-order valence-electron chi connectivity index (χ1n) is 7.81. The van der Waals surface area contributed by atoms with Crippen molar-refractivity contribution >= 4 is 15.7 Å². The van der Waals surface area contributed by atoms with Crippen LogP contribution in [-0.2, 0) is 10.0 Å². The Labute approximate surface area is 135 Å². The Balaban J connectivity index is 1.87. The Morgan fingerprint density at radius 1 is 1.17 bits per heavy atom. The molecule has 0 aromatic heterocycles. The van der Waals surface area contributed by atoms with E-state index in [1.807, 2.05) is 0 Å². The summed E-state index contributed by atoms with van der Waals surface area (Å²) in [6.07, 6.45) is 2.68. The zero-order chi connectivity index (χ0) is 16.6.